The van der Waals surface area contributed by atoms with Crippen molar-refractivity contribution in [2.45, 2.75) is 97.6 Å². The molecule has 1 aromatic heterocycles. The standard InChI is InChI=1S/C28H41ClN2O2/c1-3-5-6-7-8-9-10-11-12-13-20-33-27-17-16-25(21-26(27)29)28(32)30-22-24-15-14-19-31(23-24)18-4-2/h14-17,19,21,23H,3-13,18,20,22H2,1-2H3/p+1. The van der Waals surface area contributed by atoms with Crippen LogP contribution in [0, 0.1) is 0 Å². The molecule has 0 aliphatic rings. The Labute approximate surface area is 205 Å². The molecule has 1 heterocycles. The van der Waals surface area contributed by atoms with Gasteiger partial charge >= 0.3 is 0 Å². The van der Waals surface area contributed by atoms with Gasteiger partial charge in [0.2, 0.25) is 0 Å². The van der Waals surface area contributed by atoms with Gasteiger partial charge in [-0.05, 0) is 30.7 Å². The maximum absolute atomic E-state index is 12.5. The second kappa shape index (κ2) is 16.5. The highest BCUT2D eigenvalue weighted by molar-refractivity contribution is 6.32. The van der Waals surface area contributed by atoms with Crippen molar-refractivity contribution in [3.05, 3.63) is 58.9 Å². The molecule has 0 aliphatic carbocycles. The van der Waals surface area contributed by atoms with Crippen molar-refractivity contribution in [1.82, 2.24) is 5.32 Å². The van der Waals surface area contributed by atoms with Crippen LogP contribution in [0.4, 0.5) is 0 Å². The van der Waals surface area contributed by atoms with Crippen molar-refractivity contribution in [2.24, 2.45) is 0 Å². The van der Waals surface area contributed by atoms with Crippen LogP contribution in [0.1, 0.15) is 100 Å². The molecule has 0 unspecified atom stereocenters. The topological polar surface area (TPSA) is 42.2 Å². The smallest absolute Gasteiger partial charge is 0.251 e. The summed E-state index contributed by atoms with van der Waals surface area (Å²) in [5.74, 6) is 0.511. The van der Waals surface area contributed by atoms with Gasteiger partial charge in [0.25, 0.3) is 5.91 Å². The summed E-state index contributed by atoms with van der Waals surface area (Å²) in [6, 6.07) is 9.29. The van der Waals surface area contributed by atoms with Crippen LogP contribution in [0.2, 0.25) is 5.02 Å². The van der Waals surface area contributed by atoms with Gasteiger partial charge in [0.1, 0.15) is 12.3 Å². The van der Waals surface area contributed by atoms with Crippen molar-refractivity contribution < 1.29 is 14.1 Å². The quantitative estimate of drug-likeness (QED) is 0.194. The maximum Gasteiger partial charge on any atom is 0.251 e. The Hall–Kier alpha value is -2.07. The van der Waals surface area contributed by atoms with E-state index in [4.69, 9.17) is 16.3 Å². The van der Waals surface area contributed by atoms with Crippen molar-refractivity contribution in [3.8, 4) is 5.75 Å². The summed E-state index contributed by atoms with van der Waals surface area (Å²) in [4.78, 5) is 12.5. The number of halogens is 1. The molecule has 0 saturated heterocycles. The fourth-order valence-electron chi connectivity index (χ4n) is 3.89. The van der Waals surface area contributed by atoms with Crippen LogP contribution in [0.25, 0.3) is 0 Å². The molecular formula is C28H42ClN2O2+. The monoisotopic (exact) mass is 473 g/mol. The number of aryl methyl sites for hydroxylation is 1. The summed E-state index contributed by atoms with van der Waals surface area (Å²) >= 11 is 6.37. The van der Waals surface area contributed by atoms with Gasteiger partial charge < -0.3 is 10.1 Å². The molecule has 33 heavy (non-hydrogen) atoms. The van der Waals surface area contributed by atoms with Gasteiger partial charge in [-0.3, -0.25) is 4.79 Å². The molecule has 2 aromatic rings. The minimum atomic E-state index is -0.135. The number of ether oxygens (including phenoxy) is 1. The molecule has 4 nitrogen and oxygen atoms in total. The lowest BCUT2D eigenvalue weighted by atomic mass is 10.1. The first-order valence-corrected chi connectivity index (χ1v) is 13.2. The lowest BCUT2D eigenvalue weighted by molar-refractivity contribution is -0.697. The van der Waals surface area contributed by atoms with Crippen LogP contribution in [-0.4, -0.2) is 12.5 Å². The van der Waals surface area contributed by atoms with Gasteiger partial charge in [0.15, 0.2) is 12.4 Å². The summed E-state index contributed by atoms with van der Waals surface area (Å²) in [5.41, 5.74) is 1.62. The summed E-state index contributed by atoms with van der Waals surface area (Å²) in [5, 5.41) is 3.45. The average Bonchev–Trinajstić information content (AvgIpc) is 2.82. The number of hydrogen-bond acceptors (Lipinski definition) is 2. The van der Waals surface area contributed by atoms with Crippen LogP contribution in [0.3, 0.4) is 0 Å². The van der Waals surface area contributed by atoms with Crippen LogP contribution >= 0.6 is 11.6 Å². The zero-order valence-electron chi connectivity index (χ0n) is 20.6. The van der Waals surface area contributed by atoms with E-state index in [1.54, 1.807) is 18.2 Å². The van der Waals surface area contributed by atoms with E-state index in [1.165, 1.54) is 57.8 Å². The van der Waals surface area contributed by atoms with Crippen molar-refractivity contribution in [3.63, 3.8) is 0 Å². The normalized spacial score (nSPS) is 10.9. The molecule has 2 rings (SSSR count). The van der Waals surface area contributed by atoms with Gasteiger partial charge in [0.05, 0.1) is 11.6 Å². The first kappa shape index (κ1) is 27.2. The molecule has 0 bridgehead atoms. The SMILES string of the molecule is CCCCCCCCCCCCOc1ccc(C(=O)NCc2ccc[n+](CCC)c2)cc1Cl. The minimum Gasteiger partial charge on any atom is -0.492 e. The molecule has 0 fully saturated rings. The molecule has 0 saturated carbocycles. The van der Waals surface area contributed by atoms with Crippen LogP contribution < -0.4 is 14.6 Å². The molecule has 5 heteroatoms. The fraction of sp³-hybridized carbons (Fsp3) is 0.571. The number of unbranched alkanes of at least 4 members (excludes halogenated alkanes) is 9. The van der Waals surface area contributed by atoms with Gasteiger partial charge in [-0.25, -0.2) is 4.57 Å². The average molecular weight is 474 g/mol. The number of nitrogens with zero attached hydrogens (tertiary/aromatic N) is 1. The summed E-state index contributed by atoms with van der Waals surface area (Å²) < 4.78 is 7.98. The number of amides is 1. The molecule has 1 N–H and O–H groups in total. The highest BCUT2D eigenvalue weighted by atomic mass is 35.5. The molecule has 0 radical (unpaired) electrons. The Balaban J connectivity index is 1.65. The molecule has 0 spiro atoms. The highest BCUT2D eigenvalue weighted by Gasteiger charge is 2.10. The summed E-state index contributed by atoms with van der Waals surface area (Å²) in [7, 11) is 0. The Morgan fingerprint density at radius 2 is 1.64 bits per heavy atom. The van der Waals surface area contributed by atoms with E-state index in [0.717, 1.165) is 24.9 Å². The Morgan fingerprint density at radius 3 is 2.30 bits per heavy atom. The van der Waals surface area contributed by atoms with Gasteiger partial charge in [-0.15, -0.1) is 0 Å². The lowest BCUT2D eigenvalue weighted by Crippen LogP contribution is -2.33. The molecule has 1 aromatic carbocycles. The second-order valence-corrected chi connectivity index (χ2v) is 9.22. The van der Waals surface area contributed by atoms with Gasteiger partial charge in [0, 0.05) is 30.2 Å². The first-order valence-electron chi connectivity index (χ1n) is 12.8. The van der Waals surface area contributed by atoms with E-state index in [0.29, 0.717) is 29.5 Å². The van der Waals surface area contributed by atoms with Crippen LogP contribution in [0.15, 0.2) is 42.7 Å². The number of pyridine rings is 1. The summed E-state index contributed by atoms with van der Waals surface area (Å²) in [6.07, 6.45) is 18.2. The van der Waals surface area contributed by atoms with E-state index in [2.05, 4.69) is 29.9 Å². The number of benzene rings is 1. The Morgan fingerprint density at radius 1 is 0.939 bits per heavy atom. The highest BCUT2D eigenvalue weighted by Crippen LogP contribution is 2.26. The van der Waals surface area contributed by atoms with Crippen molar-refractivity contribution in [1.29, 1.82) is 0 Å². The van der Waals surface area contributed by atoms with Gasteiger partial charge in [-0.1, -0.05) is 83.2 Å². The van der Waals surface area contributed by atoms with Crippen molar-refractivity contribution >= 4 is 17.5 Å². The van der Waals surface area contributed by atoms with E-state index >= 15 is 0 Å². The predicted molar refractivity (Wildman–Crippen MR) is 137 cm³/mol. The third-order valence-electron chi connectivity index (χ3n) is 5.80. The minimum absolute atomic E-state index is 0.135. The number of hydrogen-bond donors (Lipinski definition) is 1. The molecule has 182 valence electrons. The first-order chi connectivity index (χ1) is 16.1. The zero-order chi connectivity index (χ0) is 23.7. The third kappa shape index (κ3) is 11.1. The van der Waals surface area contributed by atoms with E-state index in [1.807, 2.05) is 18.3 Å². The molecule has 0 aliphatic heterocycles. The van der Waals surface area contributed by atoms with Crippen LogP contribution in [0.5, 0.6) is 5.75 Å². The number of carbonyl (C=O) groups excluding carboxylic acids is 1. The van der Waals surface area contributed by atoms with Crippen LogP contribution in [-0.2, 0) is 13.1 Å². The number of aromatic nitrogens is 1. The number of nitrogens with one attached hydrogen (secondary N) is 1. The lowest BCUT2D eigenvalue weighted by Gasteiger charge is -2.10. The Bertz CT molecular complexity index is 825. The Kier molecular flexibility index (Phi) is 13.6. The maximum atomic E-state index is 12.5. The van der Waals surface area contributed by atoms with Crippen molar-refractivity contribution in [2.75, 3.05) is 6.61 Å². The summed E-state index contributed by atoms with van der Waals surface area (Å²) in [6.45, 7) is 6.52. The number of rotatable bonds is 17. The predicted octanol–water partition coefficient (Wildman–Crippen LogP) is 7.27. The van der Waals surface area contributed by atoms with E-state index < -0.39 is 0 Å². The largest absolute Gasteiger partial charge is 0.492 e. The fourth-order valence-corrected chi connectivity index (χ4v) is 4.13. The third-order valence-corrected chi connectivity index (χ3v) is 6.10. The van der Waals surface area contributed by atoms with E-state index in [9.17, 15) is 4.79 Å². The zero-order valence-corrected chi connectivity index (χ0v) is 21.3. The van der Waals surface area contributed by atoms with E-state index in [-0.39, 0.29) is 5.91 Å². The molecule has 1 amide bonds. The molecule has 0 atom stereocenters. The number of carbonyl (C=O) groups is 1. The second-order valence-electron chi connectivity index (χ2n) is 8.81. The molecular weight excluding hydrogens is 432 g/mol. The van der Waals surface area contributed by atoms with Gasteiger partial charge in [-0.2, -0.15) is 0 Å².